The number of hydrogen-bond donors (Lipinski definition) is 0. The number of carbonyl (C=O) groups excluding carboxylic acids is 2. The minimum atomic E-state index is -0.344. The van der Waals surface area contributed by atoms with E-state index in [4.69, 9.17) is 4.74 Å². The molecule has 0 saturated carbocycles. The molecule has 0 bridgehead atoms. The summed E-state index contributed by atoms with van der Waals surface area (Å²) in [6, 6.07) is 7.53. The van der Waals surface area contributed by atoms with Gasteiger partial charge in [-0.05, 0) is 30.2 Å². The van der Waals surface area contributed by atoms with Crippen molar-refractivity contribution in [3.8, 4) is 5.75 Å². The number of methoxy groups -OCH3 is 1. The molecule has 5 nitrogen and oxygen atoms in total. The molecular weight excluding hydrogens is 306 g/mol. The number of nitrogens with zero attached hydrogens (tertiary/aromatic N) is 1. The van der Waals surface area contributed by atoms with Crippen LogP contribution in [0.15, 0.2) is 43.0 Å². The Morgan fingerprint density at radius 1 is 1.25 bits per heavy atom. The van der Waals surface area contributed by atoms with Crippen LogP contribution in [0.5, 0.6) is 5.75 Å². The summed E-state index contributed by atoms with van der Waals surface area (Å²) in [6.45, 7) is 7.05. The molecular formula is C19H25NO4. The summed E-state index contributed by atoms with van der Waals surface area (Å²) >= 11 is 0. The van der Waals surface area contributed by atoms with Crippen molar-refractivity contribution in [2.45, 2.75) is 19.8 Å². The lowest BCUT2D eigenvalue weighted by molar-refractivity contribution is -0.141. The Morgan fingerprint density at radius 2 is 1.96 bits per heavy atom. The fourth-order valence-corrected chi connectivity index (χ4v) is 1.94. The average Bonchev–Trinajstić information content (AvgIpc) is 2.61. The molecule has 0 aliphatic rings. The molecule has 0 fully saturated rings. The van der Waals surface area contributed by atoms with Crippen molar-refractivity contribution in [3.63, 3.8) is 0 Å². The number of carbonyl (C=O) groups is 2. The normalized spacial score (nSPS) is 10.4. The SMILES string of the molecule is C=CCN(CCC(=O)OC)C(=O)/C=C/c1ccc(OCCC)cc1. The maximum absolute atomic E-state index is 12.2. The van der Waals surface area contributed by atoms with Gasteiger partial charge in [-0.15, -0.1) is 6.58 Å². The predicted molar refractivity (Wildman–Crippen MR) is 94.7 cm³/mol. The highest BCUT2D eigenvalue weighted by Crippen LogP contribution is 2.13. The van der Waals surface area contributed by atoms with Crippen molar-refractivity contribution in [3.05, 3.63) is 48.6 Å². The minimum Gasteiger partial charge on any atom is -0.494 e. The molecule has 0 spiro atoms. The van der Waals surface area contributed by atoms with E-state index in [0.717, 1.165) is 17.7 Å². The van der Waals surface area contributed by atoms with Crippen LogP contribution in [0, 0.1) is 0 Å². The Labute approximate surface area is 143 Å². The van der Waals surface area contributed by atoms with Gasteiger partial charge in [0.2, 0.25) is 5.91 Å². The van der Waals surface area contributed by atoms with Crippen LogP contribution in [0.3, 0.4) is 0 Å². The third-order valence-electron chi connectivity index (χ3n) is 3.25. The first-order valence-corrected chi connectivity index (χ1v) is 7.98. The van der Waals surface area contributed by atoms with Crippen LogP contribution in [0.1, 0.15) is 25.3 Å². The highest BCUT2D eigenvalue weighted by molar-refractivity contribution is 5.92. The predicted octanol–water partition coefficient (Wildman–Crippen LogP) is 3.07. The second-order valence-corrected chi connectivity index (χ2v) is 5.15. The molecule has 1 aromatic rings. The van der Waals surface area contributed by atoms with E-state index in [0.29, 0.717) is 19.7 Å². The van der Waals surface area contributed by atoms with E-state index in [1.807, 2.05) is 24.3 Å². The number of ether oxygens (including phenoxy) is 2. The summed E-state index contributed by atoms with van der Waals surface area (Å²) < 4.78 is 10.1. The highest BCUT2D eigenvalue weighted by atomic mass is 16.5. The zero-order valence-electron chi connectivity index (χ0n) is 14.4. The van der Waals surface area contributed by atoms with Crippen LogP contribution in [0.25, 0.3) is 6.08 Å². The number of amides is 1. The molecule has 0 heterocycles. The summed E-state index contributed by atoms with van der Waals surface area (Å²) in [6.07, 6.45) is 5.97. The van der Waals surface area contributed by atoms with Gasteiger partial charge in [0, 0.05) is 19.2 Å². The Balaban J connectivity index is 2.62. The Kier molecular flexibility index (Phi) is 8.97. The largest absolute Gasteiger partial charge is 0.494 e. The summed E-state index contributed by atoms with van der Waals surface area (Å²) in [7, 11) is 1.33. The fraction of sp³-hybridized carbons (Fsp3) is 0.368. The maximum atomic E-state index is 12.2. The smallest absolute Gasteiger partial charge is 0.307 e. The molecule has 130 valence electrons. The van der Waals surface area contributed by atoms with Crippen LogP contribution < -0.4 is 4.74 Å². The van der Waals surface area contributed by atoms with Gasteiger partial charge in [-0.3, -0.25) is 9.59 Å². The van der Waals surface area contributed by atoms with Crippen LogP contribution >= 0.6 is 0 Å². The van der Waals surface area contributed by atoms with Gasteiger partial charge in [-0.2, -0.15) is 0 Å². The van der Waals surface area contributed by atoms with E-state index in [9.17, 15) is 9.59 Å². The highest BCUT2D eigenvalue weighted by Gasteiger charge is 2.11. The van der Waals surface area contributed by atoms with Crippen LogP contribution in [-0.2, 0) is 14.3 Å². The van der Waals surface area contributed by atoms with Crippen molar-refractivity contribution in [2.75, 3.05) is 26.8 Å². The molecule has 1 rings (SSSR count). The first-order chi connectivity index (χ1) is 11.6. The number of hydrogen-bond acceptors (Lipinski definition) is 4. The van der Waals surface area contributed by atoms with Crippen molar-refractivity contribution in [2.24, 2.45) is 0 Å². The van der Waals surface area contributed by atoms with Crippen molar-refractivity contribution < 1.29 is 19.1 Å². The lowest BCUT2D eigenvalue weighted by Crippen LogP contribution is -2.32. The van der Waals surface area contributed by atoms with Gasteiger partial charge in [-0.25, -0.2) is 0 Å². The average molecular weight is 331 g/mol. The fourth-order valence-electron chi connectivity index (χ4n) is 1.94. The molecule has 0 saturated heterocycles. The van der Waals surface area contributed by atoms with E-state index in [2.05, 4.69) is 18.2 Å². The van der Waals surface area contributed by atoms with Gasteiger partial charge >= 0.3 is 5.97 Å². The second-order valence-electron chi connectivity index (χ2n) is 5.15. The molecule has 0 atom stereocenters. The lowest BCUT2D eigenvalue weighted by Gasteiger charge is -2.18. The Morgan fingerprint density at radius 3 is 2.54 bits per heavy atom. The summed E-state index contributed by atoms with van der Waals surface area (Å²) in [5, 5.41) is 0. The lowest BCUT2D eigenvalue weighted by atomic mass is 10.2. The molecule has 0 aliphatic heterocycles. The van der Waals surface area contributed by atoms with Gasteiger partial charge in [0.25, 0.3) is 0 Å². The molecule has 0 aromatic heterocycles. The summed E-state index contributed by atoms with van der Waals surface area (Å²) in [4.78, 5) is 25.0. The molecule has 0 radical (unpaired) electrons. The molecule has 1 aromatic carbocycles. The van der Waals surface area contributed by atoms with E-state index in [1.54, 1.807) is 17.1 Å². The molecule has 0 N–H and O–H groups in total. The quantitative estimate of drug-likeness (QED) is 0.376. The second kappa shape index (κ2) is 11.0. The van der Waals surface area contributed by atoms with Crippen LogP contribution in [0.4, 0.5) is 0 Å². The zero-order valence-corrected chi connectivity index (χ0v) is 14.4. The zero-order chi connectivity index (χ0) is 17.8. The maximum Gasteiger partial charge on any atom is 0.307 e. The summed E-state index contributed by atoms with van der Waals surface area (Å²) in [5.74, 6) is 0.292. The Bertz CT molecular complexity index is 563. The van der Waals surface area contributed by atoms with Gasteiger partial charge in [0.15, 0.2) is 0 Å². The number of esters is 1. The van der Waals surface area contributed by atoms with Crippen molar-refractivity contribution >= 4 is 18.0 Å². The van der Waals surface area contributed by atoms with Crippen molar-refractivity contribution in [1.29, 1.82) is 0 Å². The number of benzene rings is 1. The van der Waals surface area contributed by atoms with Crippen molar-refractivity contribution in [1.82, 2.24) is 4.90 Å². The molecule has 24 heavy (non-hydrogen) atoms. The van der Waals surface area contributed by atoms with Gasteiger partial charge < -0.3 is 14.4 Å². The minimum absolute atomic E-state index is 0.160. The third-order valence-corrected chi connectivity index (χ3v) is 3.25. The first kappa shape index (κ1) is 19.5. The van der Waals surface area contributed by atoms with Crippen LogP contribution in [-0.4, -0.2) is 43.6 Å². The molecule has 0 unspecified atom stereocenters. The molecule has 1 amide bonds. The van der Waals surface area contributed by atoms with Gasteiger partial charge in [0.05, 0.1) is 20.1 Å². The van der Waals surface area contributed by atoms with E-state index < -0.39 is 0 Å². The van der Waals surface area contributed by atoms with E-state index in [-0.39, 0.29) is 18.3 Å². The van der Waals surface area contributed by atoms with E-state index in [1.165, 1.54) is 13.2 Å². The molecule has 5 heteroatoms. The molecule has 0 aliphatic carbocycles. The first-order valence-electron chi connectivity index (χ1n) is 7.98. The monoisotopic (exact) mass is 331 g/mol. The topological polar surface area (TPSA) is 55.8 Å². The standard InChI is InChI=1S/C19H25NO4/c1-4-13-20(14-12-19(22)23-3)18(21)11-8-16-6-9-17(10-7-16)24-15-5-2/h4,6-11H,1,5,12-15H2,2-3H3/b11-8+. The van der Waals surface area contributed by atoms with Gasteiger partial charge in [-0.1, -0.05) is 25.1 Å². The Hall–Kier alpha value is -2.56. The van der Waals surface area contributed by atoms with Gasteiger partial charge in [0.1, 0.15) is 5.75 Å². The number of rotatable bonds is 10. The summed E-state index contributed by atoms with van der Waals surface area (Å²) in [5.41, 5.74) is 0.902. The van der Waals surface area contributed by atoms with E-state index >= 15 is 0 Å². The van der Waals surface area contributed by atoms with Crippen LogP contribution in [0.2, 0.25) is 0 Å². The third kappa shape index (κ3) is 7.13.